The Bertz CT molecular complexity index is 1050. The molecule has 1 amide bonds. The number of aromatic nitrogens is 1. The number of anilines is 1. The van der Waals surface area contributed by atoms with Crippen molar-refractivity contribution in [2.75, 3.05) is 11.1 Å². The van der Waals surface area contributed by atoms with Crippen molar-refractivity contribution in [1.82, 2.24) is 4.98 Å². The zero-order valence-corrected chi connectivity index (χ0v) is 17.6. The Hall–Kier alpha value is -2.53. The number of carbonyl (C=O) groups is 1. The van der Waals surface area contributed by atoms with Gasteiger partial charge >= 0.3 is 0 Å². The standard InChI is InChI=1S/C23H26N2O2S/c1-14(2)17-5-7-18(8-6-17)24-22(27)13-28-12-19-11-21(26)20-10-15(3)9-16(4)23(20)25-19/h5-11,14H,12-13H2,1-4H3,(H,24,27)(H,25,26). The van der Waals surface area contributed by atoms with E-state index in [-0.39, 0.29) is 11.3 Å². The first kappa shape index (κ1) is 20.2. The number of carbonyl (C=O) groups excluding carboxylic acids is 1. The molecule has 3 aromatic rings. The summed E-state index contributed by atoms with van der Waals surface area (Å²) in [6.45, 7) is 8.28. The minimum Gasteiger partial charge on any atom is -0.357 e. The van der Waals surface area contributed by atoms with E-state index in [1.807, 2.05) is 44.2 Å². The van der Waals surface area contributed by atoms with Gasteiger partial charge < -0.3 is 10.3 Å². The number of fused-ring (bicyclic) bond motifs is 1. The molecule has 2 N–H and O–H groups in total. The average molecular weight is 395 g/mol. The number of thioether (sulfide) groups is 1. The van der Waals surface area contributed by atoms with Crippen LogP contribution in [0.1, 0.15) is 42.1 Å². The molecule has 0 fully saturated rings. The summed E-state index contributed by atoms with van der Waals surface area (Å²) in [6, 6.07) is 13.6. The van der Waals surface area contributed by atoms with Crippen LogP contribution in [0, 0.1) is 13.8 Å². The first-order valence-corrected chi connectivity index (χ1v) is 10.6. The molecule has 0 saturated heterocycles. The molecule has 0 aliphatic rings. The van der Waals surface area contributed by atoms with E-state index in [2.05, 4.69) is 30.2 Å². The molecule has 1 heterocycles. The van der Waals surface area contributed by atoms with Crippen LogP contribution in [-0.2, 0) is 10.5 Å². The van der Waals surface area contributed by atoms with Gasteiger partial charge in [0, 0.05) is 28.6 Å². The average Bonchev–Trinajstić information content (AvgIpc) is 2.63. The lowest BCUT2D eigenvalue weighted by Crippen LogP contribution is -2.14. The van der Waals surface area contributed by atoms with E-state index >= 15 is 0 Å². The number of hydrogen-bond donors (Lipinski definition) is 2. The van der Waals surface area contributed by atoms with Crippen molar-refractivity contribution in [2.45, 2.75) is 39.4 Å². The van der Waals surface area contributed by atoms with Crippen LogP contribution < -0.4 is 10.7 Å². The number of benzene rings is 2. The van der Waals surface area contributed by atoms with Gasteiger partial charge in [0.05, 0.1) is 11.3 Å². The highest BCUT2D eigenvalue weighted by atomic mass is 32.2. The third-order valence-corrected chi connectivity index (χ3v) is 5.67. The Kier molecular flexibility index (Phi) is 6.25. The molecule has 0 aliphatic carbocycles. The molecule has 4 nitrogen and oxygen atoms in total. The van der Waals surface area contributed by atoms with Gasteiger partial charge in [-0.1, -0.05) is 32.0 Å². The van der Waals surface area contributed by atoms with Gasteiger partial charge in [-0.25, -0.2) is 0 Å². The first-order valence-electron chi connectivity index (χ1n) is 9.44. The molecule has 3 rings (SSSR count). The SMILES string of the molecule is Cc1cc(C)c2[nH]c(CSCC(=O)Nc3ccc(C(C)C)cc3)cc(=O)c2c1. The van der Waals surface area contributed by atoms with Crippen LogP contribution in [0.3, 0.4) is 0 Å². The summed E-state index contributed by atoms with van der Waals surface area (Å²) in [7, 11) is 0. The van der Waals surface area contributed by atoms with Crippen molar-refractivity contribution < 1.29 is 4.79 Å². The van der Waals surface area contributed by atoms with Crippen molar-refractivity contribution >= 4 is 34.3 Å². The van der Waals surface area contributed by atoms with Crippen LogP contribution in [0.5, 0.6) is 0 Å². The summed E-state index contributed by atoms with van der Waals surface area (Å²) >= 11 is 1.49. The van der Waals surface area contributed by atoms with Crippen molar-refractivity contribution in [2.24, 2.45) is 0 Å². The van der Waals surface area contributed by atoms with Gasteiger partial charge in [-0.3, -0.25) is 9.59 Å². The van der Waals surface area contributed by atoms with Crippen LogP contribution in [0.4, 0.5) is 5.69 Å². The quantitative estimate of drug-likeness (QED) is 0.608. The van der Waals surface area contributed by atoms with Gasteiger partial charge in [-0.15, -0.1) is 11.8 Å². The van der Waals surface area contributed by atoms with E-state index in [0.29, 0.717) is 22.8 Å². The largest absolute Gasteiger partial charge is 0.357 e. The zero-order chi connectivity index (χ0) is 20.3. The molecule has 28 heavy (non-hydrogen) atoms. The summed E-state index contributed by atoms with van der Waals surface area (Å²) in [4.78, 5) is 27.9. The first-order chi connectivity index (χ1) is 13.3. The van der Waals surface area contributed by atoms with Crippen LogP contribution in [0.2, 0.25) is 0 Å². The van der Waals surface area contributed by atoms with Gasteiger partial charge in [0.15, 0.2) is 5.43 Å². The van der Waals surface area contributed by atoms with Gasteiger partial charge in [-0.2, -0.15) is 0 Å². The summed E-state index contributed by atoms with van der Waals surface area (Å²) in [6.07, 6.45) is 0. The maximum atomic E-state index is 12.4. The highest BCUT2D eigenvalue weighted by molar-refractivity contribution is 7.99. The van der Waals surface area contributed by atoms with Crippen LogP contribution in [0.15, 0.2) is 47.3 Å². The number of H-pyrrole nitrogens is 1. The fourth-order valence-electron chi connectivity index (χ4n) is 3.24. The smallest absolute Gasteiger partial charge is 0.234 e. The number of nitrogens with one attached hydrogen (secondary N) is 2. The number of aromatic amines is 1. The molecule has 146 valence electrons. The van der Waals surface area contributed by atoms with E-state index in [1.165, 1.54) is 17.3 Å². The number of amides is 1. The van der Waals surface area contributed by atoms with Crippen LogP contribution in [0.25, 0.3) is 10.9 Å². The van der Waals surface area contributed by atoms with Crippen molar-refractivity contribution in [3.05, 3.63) is 75.1 Å². The van der Waals surface area contributed by atoms with Crippen LogP contribution in [-0.4, -0.2) is 16.6 Å². The lowest BCUT2D eigenvalue weighted by molar-refractivity contribution is -0.113. The van der Waals surface area contributed by atoms with Crippen molar-refractivity contribution in [1.29, 1.82) is 0 Å². The van der Waals surface area contributed by atoms with Gasteiger partial charge in [0.1, 0.15) is 0 Å². The molecule has 0 aliphatic heterocycles. The second-order valence-corrected chi connectivity index (χ2v) is 8.47. The molecular weight excluding hydrogens is 368 g/mol. The Morgan fingerprint density at radius 1 is 1.11 bits per heavy atom. The number of hydrogen-bond acceptors (Lipinski definition) is 3. The minimum absolute atomic E-state index is 0.0193. The molecule has 0 atom stereocenters. The normalized spacial score (nSPS) is 11.2. The maximum absolute atomic E-state index is 12.4. The fourth-order valence-corrected chi connectivity index (χ4v) is 3.98. The van der Waals surface area contributed by atoms with Gasteiger partial charge in [-0.05, 0) is 54.7 Å². The van der Waals surface area contributed by atoms with Gasteiger partial charge in [0.2, 0.25) is 5.91 Å². The number of aryl methyl sites for hydroxylation is 2. The Morgan fingerprint density at radius 3 is 2.50 bits per heavy atom. The third kappa shape index (κ3) is 4.84. The molecule has 0 spiro atoms. The highest BCUT2D eigenvalue weighted by Gasteiger charge is 2.08. The molecule has 2 aromatic carbocycles. The monoisotopic (exact) mass is 394 g/mol. The summed E-state index contributed by atoms with van der Waals surface area (Å²) in [5.41, 5.74) is 5.92. The van der Waals surface area contributed by atoms with Crippen molar-refractivity contribution in [3.63, 3.8) is 0 Å². The molecule has 0 unspecified atom stereocenters. The van der Waals surface area contributed by atoms with E-state index in [4.69, 9.17) is 0 Å². The molecular formula is C23H26N2O2S. The van der Waals surface area contributed by atoms with Crippen LogP contribution >= 0.6 is 11.8 Å². The maximum Gasteiger partial charge on any atom is 0.234 e. The van der Waals surface area contributed by atoms with E-state index in [0.717, 1.165) is 28.0 Å². The van der Waals surface area contributed by atoms with E-state index in [9.17, 15) is 9.59 Å². The summed E-state index contributed by atoms with van der Waals surface area (Å²) < 4.78 is 0. The third-order valence-electron chi connectivity index (χ3n) is 4.69. The Labute approximate surface area is 169 Å². The predicted octanol–water partition coefficient (Wildman–Crippen LogP) is 5.14. The molecule has 1 aromatic heterocycles. The minimum atomic E-state index is -0.0442. The lowest BCUT2D eigenvalue weighted by Gasteiger charge is -2.09. The van der Waals surface area contributed by atoms with E-state index in [1.54, 1.807) is 6.07 Å². The molecule has 5 heteroatoms. The van der Waals surface area contributed by atoms with E-state index < -0.39 is 0 Å². The number of rotatable bonds is 6. The Balaban J connectivity index is 1.60. The molecule has 0 bridgehead atoms. The topological polar surface area (TPSA) is 62.0 Å². The predicted molar refractivity (Wildman–Crippen MR) is 119 cm³/mol. The number of pyridine rings is 1. The second-order valence-electron chi connectivity index (χ2n) is 7.48. The lowest BCUT2D eigenvalue weighted by atomic mass is 10.0. The molecule has 0 saturated carbocycles. The summed E-state index contributed by atoms with van der Waals surface area (Å²) in [5.74, 6) is 1.34. The Morgan fingerprint density at radius 2 is 1.82 bits per heavy atom. The zero-order valence-electron chi connectivity index (χ0n) is 16.8. The second kappa shape index (κ2) is 8.65. The summed E-state index contributed by atoms with van der Waals surface area (Å²) in [5, 5.41) is 3.64. The highest BCUT2D eigenvalue weighted by Crippen LogP contribution is 2.19. The van der Waals surface area contributed by atoms with Crippen molar-refractivity contribution in [3.8, 4) is 0 Å². The van der Waals surface area contributed by atoms with Gasteiger partial charge in [0.25, 0.3) is 0 Å². The fraction of sp³-hybridized carbons (Fsp3) is 0.304. The molecule has 0 radical (unpaired) electrons.